The minimum Gasteiger partial charge on any atom is -0.456 e. The molecule has 0 aliphatic heterocycles. The quantitative estimate of drug-likeness (QED) is 0.600. The van der Waals surface area contributed by atoms with Gasteiger partial charge in [-0.2, -0.15) is 0 Å². The second kappa shape index (κ2) is 7.35. The van der Waals surface area contributed by atoms with Gasteiger partial charge in [0.2, 0.25) is 5.67 Å². The Kier molecular flexibility index (Phi) is 5.40. The lowest BCUT2D eigenvalue weighted by atomic mass is 9.92. The lowest BCUT2D eigenvalue weighted by Gasteiger charge is -2.20. The minimum absolute atomic E-state index is 0.102. The predicted molar refractivity (Wildman–Crippen MR) is 104 cm³/mol. The molecule has 2 unspecified atom stereocenters. The van der Waals surface area contributed by atoms with E-state index in [1.54, 1.807) is 32.9 Å². The molecule has 3 rings (SSSR count). The Morgan fingerprint density at radius 1 is 1.29 bits per heavy atom. The molecular formula is C21H20BrF2NO3. The molecule has 2 aromatic rings. The molecule has 0 fully saturated rings. The summed E-state index contributed by atoms with van der Waals surface area (Å²) in [6.45, 7) is 5.30. The molecule has 1 aliphatic carbocycles. The van der Waals surface area contributed by atoms with Gasteiger partial charge in [-0.15, -0.1) is 0 Å². The number of carbonyl (C=O) groups is 2. The number of nitrogens with zero attached hydrogens (tertiary/aromatic N) is 1. The third-order valence-electron chi connectivity index (χ3n) is 4.45. The molecule has 2 atom stereocenters. The highest BCUT2D eigenvalue weighted by molar-refractivity contribution is 9.10. The molecule has 1 aliphatic rings. The SMILES string of the molecule is CC(C)(C)OC(=O)c1ccc(CC(=O)C2(F)CC(F)c3cc(Br)cnc32)cc1. The standard InChI is InChI=1S/C21H20BrF2NO3/c1-20(2,3)28-19(27)13-6-4-12(5-7-13)8-17(26)21(24)10-16(23)15-9-14(22)11-25-18(15)21/h4-7,9,11,16H,8,10H2,1-3H3. The molecule has 0 bridgehead atoms. The summed E-state index contributed by atoms with van der Waals surface area (Å²) in [6.07, 6.45) is -1.02. The van der Waals surface area contributed by atoms with E-state index in [9.17, 15) is 14.0 Å². The number of fused-ring (bicyclic) bond motifs is 1. The number of aromatic nitrogens is 1. The second-order valence-corrected chi connectivity index (χ2v) is 8.78. The first-order chi connectivity index (χ1) is 13.0. The lowest BCUT2D eigenvalue weighted by Crippen LogP contribution is -2.31. The first-order valence-corrected chi connectivity index (χ1v) is 9.63. The van der Waals surface area contributed by atoms with E-state index in [0.717, 1.165) is 0 Å². The van der Waals surface area contributed by atoms with Gasteiger partial charge in [-0.25, -0.2) is 13.6 Å². The van der Waals surface area contributed by atoms with E-state index < -0.39 is 35.6 Å². The summed E-state index contributed by atoms with van der Waals surface area (Å²) in [6, 6.07) is 7.64. The van der Waals surface area contributed by atoms with Crippen LogP contribution in [0.25, 0.3) is 0 Å². The number of hydrogen-bond donors (Lipinski definition) is 0. The number of halogens is 3. The van der Waals surface area contributed by atoms with Gasteiger partial charge in [0.15, 0.2) is 5.78 Å². The number of pyridine rings is 1. The monoisotopic (exact) mass is 451 g/mol. The summed E-state index contributed by atoms with van der Waals surface area (Å²) in [5.74, 6) is -1.24. The van der Waals surface area contributed by atoms with Gasteiger partial charge in [0, 0.05) is 29.1 Å². The van der Waals surface area contributed by atoms with Crippen LogP contribution < -0.4 is 0 Å². The average molecular weight is 452 g/mol. The van der Waals surface area contributed by atoms with E-state index in [1.165, 1.54) is 24.4 Å². The van der Waals surface area contributed by atoms with Gasteiger partial charge in [0.1, 0.15) is 11.8 Å². The van der Waals surface area contributed by atoms with Crippen LogP contribution in [0.1, 0.15) is 60.5 Å². The normalized spacial score (nSPS) is 21.3. The third kappa shape index (κ3) is 4.14. The van der Waals surface area contributed by atoms with Gasteiger partial charge in [-0.05, 0) is 60.5 Å². The summed E-state index contributed by atoms with van der Waals surface area (Å²) in [4.78, 5) is 28.7. The van der Waals surface area contributed by atoms with Crippen molar-refractivity contribution < 1.29 is 23.1 Å². The van der Waals surface area contributed by atoms with E-state index >= 15 is 4.39 Å². The molecular weight excluding hydrogens is 432 g/mol. The predicted octanol–water partition coefficient (Wildman–Crippen LogP) is 5.19. The maximum absolute atomic E-state index is 15.4. The van der Waals surface area contributed by atoms with Crippen molar-refractivity contribution in [3.8, 4) is 0 Å². The Balaban J connectivity index is 1.76. The van der Waals surface area contributed by atoms with Gasteiger partial charge < -0.3 is 4.74 Å². The number of carbonyl (C=O) groups excluding carboxylic acids is 2. The Morgan fingerprint density at radius 3 is 2.54 bits per heavy atom. The summed E-state index contributed by atoms with van der Waals surface area (Å²) in [7, 11) is 0. The summed E-state index contributed by atoms with van der Waals surface area (Å²) >= 11 is 3.18. The highest BCUT2D eigenvalue weighted by Gasteiger charge is 2.51. The van der Waals surface area contributed by atoms with Gasteiger partial charge in [-0.1, -0.05) is 12.1 Å². The Bertz CT molecular complexity index is 924. The van der Waals surface area contributed by atoms with E-state index in [0.29, 0.717) is 15.6 Å². The zero-order valence-electron chi connectivity index (χ0n) is 15.8. The van der Waals surface area contributed by atoms with Crippen LogP contribution in [-0.2, 0) is 21.6 Å². The van der Waals surface area contributed by atoms with E-state index in [2.05, 4.69) is 20.9 Å². The van der Waals surface area contributed by atoms with Gasteiger partial charge in [-0.3, -0.25) is 9.78 Å². The van der Waals surface area contributed by atoms with Crippen molar-refractivity contribution >= 4 is 27.7 Å². The highest BCUT2D eigenvalue weighted by Crippen LogP contribution is 2.48. The topological polar surface area (TPSA) is 56.3 Å². The fourth-order valence-corrected chi connectivity index (χ4v) is 3.49. The number of ketones is 1. The Morgan fingerprint density at radius 2 is 1.93 bits per heavy atom. The first-order valence-electron chi connectivity index (χ1n) is 8.84. The van der Waals surface area contributed by atoms with Crippen molar-refractivity contribution in [2.45, 2.75) is 51.1 Å². The van der Waals surface area contributed by atoms with Crippen molar-refractivity contribution in [1.29, 1.82) is 0 Å². The van der Waals surface area contributed by atoms with Crippen molar-refractivity contribution in [3.05, 3.63) is 63.4 Å². The van der Waals surface area contributed by atoms with Crippen molar-refractivity contribution in [1.82, 2.24) is 4.98 Å². The van der Waals surface area contributed by atoms with Crippen LogP contribution in [0.4, 0.5) is 8.78 Å². The van der Waals surface area contributed by atoms with E-state index in [1.807, 2.05) is 0 Å². The molecule has 28 heavy (non-hydrogen) atoms. The molecule has 4 nitrogen and oxygen atoms in total. The number of rotatable bonds is 4. The number of hydrogen-bond acceptors (Lipinski definition) is 4. The molecule has 0 amide bonds. The van der Waals surface area contributed by atoms with Crippen molar-refractivity contribution in [2.24, 2.45) is 0 Å². The smallest absolute Gasteiger partial charge is 0.338 e. The third-order valence-corrected chi connectivity index (χ3v) is 4.89. The Hall–Kier alpha value is -2.15. The van der Waals surface area contributed by atoms with Crippen LogP contribution in [-0.4, -0.2) is 22.3 Å². The zero-order valence-corrected chi connectivity index (χ0v) is 17.3. The molecule has 7 heteroatoms. The van der Waals surface area contributed by atoms with Crippen LogP contribution in [0.5, 0.6) is 0 Å². The maximum Gasteiger partial charge on any atom is 0.338 e. The van der Waals surface area contributed by atoms with Crippen LogP contribution in [0.2, 0.25) is 0 Å². The molecule has 1 aromatic heterocycles. The fraction of sp³-hybridized carbons (Fsp3) is 0.381. The fourth-order valence-electron chi connectivity index (χ4n) is 3.15. The summed E-state index contributed by atoms with van der Waals surface area (Å²) in [5.41, 5.74) is -2.27. The van der Waals surface area contributed by atoms with Gasteiger partial charge in [0.05, 0.1) is 11.3 Å². The molecule has 0 spiro atoms. The molecule has 1 aromatic carbocycles. The van der Waals surface area contributed by atoms with Crippen molar-refractivity contribution in [2.75, 3.05) is 0 Å². The number of benzene rings is 1. The first kappa shape index (κ1) is 20.6. The maximum atomic E-state index is 15.4. The Labute approximate surface area is 170 Å². The van der Waals surface area contributed by atoms with Crippen LogP contribution in [0, 0.1) is 0 Å². The van der Waals surface area contributed by atoms with Crippen LogP contribution in [0.3, 0.4) is 0 Å². The molecule has 148 valence electrons. The number of alkyl halides is 2. The second-order valence-electron chi connectivity index (χ2n) is 7.86. The average Bonchev–Trinajstić information content (AvgIpc) is 2.85. The molecule has 1 heterocycles. The number of ether oxygens (including phenoxy) is 1. The van der Waals surface area contributed by atoms with Gasteiger partial charge >= 0.3 is 5.97 Å². The summed E-state index contributed by atoms with van der Waals surface area (Å²) in [5, 5.41) is 0. The van der Waals surface area contributed by atoms with E-state index in [-0.39, 0.29) is 17.7 Å². The lowest BCUT2D eigenvalue weighted by molar-refractivity contribution is -0.131. The van der Waals surface area contributed by atoms with Gasteiger partial charge in [0.25, 0.3) is 0 Å². The number of Topliss-reactive ketones (excluding diaryl/α,β-unsaturated/α-hetero) is 1. The highest BCUT2D eigenvalue weighted by atomic mass is 79.9. The molecule has 0 N–H and O–H groups in total. The number of esters is 1. The van der Waals surface area contributed by atoms with Crippen LogP contribution >= 0.6 is 15.9 Å². The summed E-state index contributed by atoms with van der Waals surface area (Å²) < 4.78 is 35.5. The largest absolute Gasteiger partial charge is 0.456 e. The van der Waals surface area contributed by atoms with Crippen LogP contribution in [0.15, 0.2) is 41.0 Å². The van der Waals surface area contributed by atoms with E-state index in [4.69, 9.17) is 4.74 Å². The molecule has 0 radical (unpaired) electrons. The van der Waals surface area contributed by atoms with Crippen molar-refractivity contribution in [3.63, 3.8) is 0 Å². The minimum atomic E-state index is -2.46. The molecule has 0 saturated heterocycles. The zero-order chi connectivity index (χ0) is 20.7. The molecule has 0 saturated carbocycles.